The van der Waals surface area contributed by atoms with Gasteiger partial charge in [-0.1, -0.05) is 12.1 Å². The number of nitrogens with one attached hydrogen (secondary N) is 1. The van der Waals surface area contributed by atoms with Crippen LogP contribution in [0.1, 0.15) is 28.0 Å². The van der Waals surface area contributed by atoms with Gasteiger partial charge in [0.05, 0.1) is 12.0 Å². The molecule has 2 aromatic heterocycles. The molecule has 7 heteroatoms. The molecule has 0 saturated heterocycles. The Morgan fingerprint density at radius 1 is 1.12 bits per heavy atom. The van der Waals surface area contributed by atoms with E-state index in [1.54, 1.807) is 24.3 Å². The number of Topliss-reactive ketones (excluding diaryl/α,β-unsaturated/α-hetero) is 1. The van der Waals surface area contributed by atoms with E-state index in [-0.39, 0.29) is 23.0 Å². The maximum absolute atomic E-state index is 12.0. The second-order valence-corrected chi connectivity index (χ2v) is 4.96. The molecule has 0 aliphatic heterocycles. The predicted octanol–water partition coefficient (Wildman–Crippen LogP) is 3.02. The second-order valence-electron chi connectivity index (χ2n) is 4.96. The number of ketones is 1. The van der Waals surface area contributed by atoms with Crippen LogP contribution in [0.5, 0.6) is 0 Å². The molecule has 0 fully saturated rings. The van der Waals surface area contributed by atoms with Crippen molar-refractivity contribution in [2.24, 2.45) is 0 Å². The van der Waals surface area contributed by atoms with Crippen LogP contribution in [0, 0.1) is 0 Å². The van der Waals surface area contributed by atoms with Gasteiger partial charge in [0.25, 0.3) is 5.91 Å². The lowest BCUT2D eigenvalue weighted by Gasteiger charge is -2.05. The average Bonchev–Trinajstić information content (AvgIpc) is 3.21. The molecule has 7 nitrogen and oxygen atoms in total. The number of hydrogen-bond acceptors (Lipinski definition) is 6. The smallest absolute Gasteiger partial charge is 0.374 e. The van der Waals surface area contributed by atoms with Gasteiger partial charge in [-0.2, -0.15) is 0 Å². The summed E-state index contributed by atoms with van der Waals surface area (Å²) in [6.07, 6.45) is 1.33. The van der Waals surface area contributed by atoms with Crippen LogP contribution in [-0.2, 0) is 9.53 Å². The summed E-state index contributed by atoms with van der Waals surface area (Å²) in [4.78, 5) is 35.4. The molecule has 0 atom stereocenters. The number of fused-ring (bicyclic) bond motifs is 1. The van der Waals surface area contributed by atoms with Crippen molar-refractivity contribution < 1.29 is 28.0 Å². The molecule has 0 radical (unpaired) electrons. The van der Waals surface area contributed by atoms with Crippen molar-refractivity contribution in [1.82, 2.24) is 0 Å². The number of anilines is 1. The van der Waals surface area contributed by atoms with Crippen LogP contribution in [0.25, 0.3) is 11.0 Å². The van der Waals surface area contributed by atoms with Gasteiger partial charge in [0.1, 0.15) is 5.58 Å². The minimum absolute atomic E-state index is 0.000913. The molecule has 0 aliphatic rings. The van der Waals surface area contributed by atoms with Crippen LogP contribution in [0.15, 0.2) is 51.5 Å². The van der Waals surface area contributed by atoms with Crippen molar-refractivity contribution in [3.8, 4) is 0 Å². The molecule has 0 unspecified atom stereocenters. The molecule has 122 valence electrons. The molecule has 1 aromatic carbocycles. The van der Waals surface area contributed by atoms with Crippen molar-refractivity contribution in [2.45, 2.75) is 6.92 Å². The van der Waals surface area contributed by atoms with Crippen molar-refractivity contribution in [3.05, 3.63) is 54.2 Å². The molecule has 1 N–H and O–H groups in total. The van der Waals surface area contributed by atoms with Gasteiger partial charge in [0, 0.05) is 12.3 Å². The highest BCUT2D eigenvalue weighted by Crippen LogP contribution is 2.31. The standard InChI is InChI=1S/C17H13NO6/c1-10(19)16-15(11-5-2-3-6-12(11)24-16)18-14(20)9-23-17(21)13-7-4-8-22-13/h2-8H,9H2,1H3,(H,18,20). The first kappa shape index (κ1) is 15.5. The van der Waals surface area contributed by atoms with E-state index in [0.29, 0.717) is 11.0 Å². The third-order valence-electron chi connectivity index (χ3n) is 3.24. The zero-order valence-electron chi connectivity index (χ0n) is 12.7. The third kappa shape index (κ3) is 3.05. The average molecular weight is 327 g/mol. The van der Waals surface area contributed by atoms with Gasteiger partial charge in [-0.25, -0.2) is 4.79 Å². The summed E-state index contributed by atoms with van der Waals surface area (Å²) >= 11 is 0. The monoisotopic (exact) mass is 327 g/mol. The highest BCUT2D eigenvalue weighted by atomic mass is 16.5. The van der Waals surface area contributed by atoms with Gasteiger partial charge >= 0.3 is 5.97 Å². The lowest BCUT2D eigenvalue weighted by atomic mass is 10.2. The van der Waals surface area contributed by atoms with Crippen LogP contribution in [0.2, 0.25) is 0 Å². The summed E-state index contributed by atoms with van der Waals surface area (Å²) in [5, 5.41) is 3.15. The topological polar surface area (TPSA) is 98.8 Å². The van der Waals surface area contributed by atoms with E-state index in [2.05, 4.69) is 5.32 Å². The Morgan fingerprint density at radius 2 is 1.92 bits per heavy atom. The molecule has 2 heterocycles. The van der Waals surface area contributed by atoms with Gasteiger partial charge in [0.15, 0.2) is 18.2 Å². The SMILES string of the molecule is CC(=O)c1oc2ccccc2c1NC(=O)COC(=O)c1ccco1. The van der Waals surface area contributed by atoms with E-state index in [1.807, 2.05) is 0 Å². The number of furan rings is 2. The first-order valence-corrected chi connectivity index (χ1v) is 7.09. The van der Waals surface area contributed by atoms with Crippen molar-refractivity contribution >= 4 is 34.3 Å². The number of benzene rings is 1. The minimum Gasteiger partial charge on any atom is -0.457 e. The first-order chi connectivity index (χ1) is 11.6. The van der Waals surface area contributed by atoms with E-state index in [1.165, 1.54) is 25.3 Å². The Labute approximate surface area is 136 Å². The fourth-order valence-corrected chi connectivity index (χ4v) is 2.19. The Morgan fingerprint density at radius 3 is 2.62 bits per heavy atom. The van der Waals surface area contributed by atoms with E-state index in [4.69, 9.17) is 13.6 Å². The fraction of sp³-hybridized carbons (Fsp3) is 0.118. The van der Waals surface area contributed by atoms with Gasteiger partial charge in [-0.15, -0.1) is 0 Å². The molecule has 0 aliphatic carbocycles. The first-order valence-electron chi connectivity index (χ1n) is 7.09. The molecule has 0 bridgehead atoms. The number of para-hydroxylation sites is 1. The summed E-state index contributed by atoms with van der Waals surface area (Å²) in [6.45, 7) is 0.820. The number of carbonyl (C=O) groups is 3. The summed E-state index contributed by atoms with van der Waals surface area (Å²) in [5.74, 6) is -1.63. The second kappa shape index (κ2) is 6.41. The maximum Gasteiger partial charge on any atom is 0.374 e. The van der Waals surface area contributed by atoms with E-state index in [0.717, 1.165) is 0 Å². The Bertz CT molecular complexity index is 906. The normalized spacial score (nSPS) is 10.5. The van der Waals surface area contributed by atoms with Gasteiger partial charge in [-0.05, 0) is 24.3 Å². The highest BCUT2D eigenvalue weighted by Gasteiger charge is 2.20. The summed E-state index contributed by atoms with van der Waals surface area (Å²) < 4.78 is 15.2. The molecule has 3 rings (SSSR count). The summed E-state index contributed by atoms with van der Waals surface area (Å²) in [6, 6.07) is 9.88. The minimum atomic E-state index is -0.751. The van der Waals surface area contributed by atoms with Crippen LogP contribution in [-0.4, -0.2) is 24.3 Å². The van der Waals surface area contributed by atoms with Crippen LogP contribution in [0.4, 0.5) is 5.69 Å². The molecule has 3 aromatic rings. The zero-order chi connectivity index (χ0) is 17.1. The number of esters is 1. The summed E-state index contributed by atoms with van der Waals surface area (Å²) in [7, 11) is 0. The molecular weight excluding hydrogens is 314 g/mol. The third-order valence-corrected chi connectivity index (χ3v) is 3.24. The lowest BCUT2D eigenvalue weighted by molar-refractivity contribution is -0.119. The molecule has 0 saturated carbocycles. The van der Waals surface area contributed by atoms with Gasteiger partial charge < -0.3 is 18.9 Å². The Hall–Kier alpha value is -3.35. The van der Waals surface area contributed by atoms with E-state index < -0.39 is 18.5 Å². The highest BCUT2D eigenvalue weighted by molar-refractivity contribution is 6.11. The van der Waals surface area contributed by atoms with Crippen molar-refractivity contribution in [3.63, 3.8) is 0 Å². The van der Waals surface area contributed by atoms with Crippen LogP contribution in [0.3, 0.4) is 0 Å². The predicted molar refractivity (Wildman–Crippen MR) is 83.8 cm³/mol. The fourth-order valence-electron chi connectivity index (χ4n) is 2.19. The number of amides is 1. The van der Waals surface area contributed by atoms with E-state index >= 15 is 0 Å². The van der Waals surface area contributed by atoms with Gasteiger partial charge in [-0.3, -0.25) is 9.59 Å². The van der Waals surface area contributed by atoms with Crippen molar-refractivity contribution in [1.29, 1.82) is 0 Å². The number of ether oxygens (including phenoxy) is 1. The lowest BCUT2D eigenvalue weighted by Crippen LogP contribution is -2.21. The number of rotatable bonds is 5. The number of hydrogen-bond donors (Lipinski definition) is 1. The molecule has 0 spiro atoms. The largest absolute Gasteiger partial charge is 0.457 e. The van der Waals surface area contributed by atoms with Gasteiger partial charge in [0.2, 0.25) is 5.76 Å². The molecule has 1 amide bonds. The van der Waals surface area contributed by atoms with Crippen LogP contribution < -0.4 is 5.32 Å². The summed E-state index contributed by atoms with van der Waals surface area (Å²) in [5.41, 5.74) is 0.739. The quantitative estimate of drug-likeness (QED) is 0.571. The maximum atomic E-state index is 12.0. The van der Waals surface area contributed by atoms with Crippen LogP contribution >= 0.6 is 0 Å². The Kier molecular flexibility index (Phi) is 4.15. The van der Waals surface area contributed by atoms with Crippen molar-refractivity contribution in [2.75, 3.05) is 11.9 Å². The van der Waals surface area contributed by atoms with E-state index in [9.17, 15) is 14.4 Å². The zero-order valence-corrected chi connectivity index (χ0v) is 12.7. The number of carbonyl (C=O) groups excluding carboxylic acids is 3. The molecule has 24 heavy (non-hydrogen) atoms. The Balaban J connectivity index is 1.74. The molecular formula is C17H13NO6.